The molecule has 188 valence electrons. The van der Waals surface area contributed by atoms with E-state index in [9.17, 15) is 23.4 Å². The number of aliphatic hydroxyl groups is 2. The van der Waals surface area contributed by atoms with Crippen molar-refractivity contribution in [1.29, 1.82) is 0 Å². The molecule has 4 fully saturated rings. The molecule has 2 N–H and O–H groups in total. The summed E-state index contributed by atoms with van der Waals surface area (Å²) in [4.78, 5) is 2.27. The Hall–Kier alpha value is -0.850. The number of fused-ring (bicyclic) bond motifs is 1. The van der Waals surface area contributed by atoms with E-state index in [1.807, 2.05) is 0 Å². The number of halogens is 3. The first kappa shape index (κ1) is 25.2. The fraction of sp³-hybridized carbons (Fsp3) is 0.852. The topological polar surface area (TPSA) is 43.7 Å². The minimum Gasteiger partial charge on any atom is -0.393 e. The first-order valence-corrected chi connectivity index (χ1v) is 13.1. The van der Waals surface area contributed by atoms with Crippen LogP contribution in [0, 0.1) is 29.1 Å². The lowest BCUT2D eigenvalue weighted by Gasteiger charge is -2.45. The van der Waals surface area contributed by atoms with Gasteiger partial charge in [-0.05, 0) is 100 Å². The van der Waals surface area contributed by atoms with Crippen molar-refractivity contribution in [2.24, 2.45) is 29.1 Å². The van der Waals surface area contributed by atoms with Crippen LogP contribution in [0.5, 0.6) is 0 Å². The largest absolute Gasteiger partial charge is 0.393 e. The highest BCUT2D eigenvalue weighted by Gasteiger charge is 2.51. The molecule has 0 spiro atoms. The molecule has 3 aliphatic carbocycles. The van der Waals surface area contributed by atoms with Gasteiger partial charge in [0, 0.05) is 6.54 Å². The van der Waals surface area contributed by atoms with Gasteiger partial charge in [0.2, 0.25) is 0 Å². The molecular weight excluding hydrogens is 427 g/mol. The van der Waals surface area contributed by atoms with Gasteiger partial charge in [0.05, 0.1) is 18.1 Å². The lowest BCUT2D eigenvalue weighted by molar-refractivity contribution is -0.185. The molecule has 4 aliphatic rings. The molecule has 33 heavy (non-hydrogen) atoms. The summed E-state index contributed by atoms with van der Waals surface area (Å²) in [6.45, 7) is 6.82. The van der Waals surface area contributed by atoms with E-state index in [0.717, 1.165) is 18.5 Å². The lowest BCUT2D eigenvalue weighted by atomic mass is 9.61. The number of likely N-dealkylation sites (tertiary alicyclic amines) is 1. The quantitative estimate of drug-likeness (QED) is 0.541. The first-order chi connectivity index (χ1) is 15.6. The maximum Gasteiger partial charge on any atom is 0.391 e. The standard InChI is InChI=1S/C27H42F3NO2/c1-18(17-31-12-9-21(10-13-31)27(28,29)30)24-7-8-25-20(4-3-11-26(24,25)2)6-5-19-14-22(32)16-23(33)15-19/h5-6,18,21-25,32-33H,3-4,7-17H2,1-2H3/b19-5?,20-6+/t18?,22-,23+,24-,25+,26-/m1/s1. The Labute approximate surface area is 197 Å². The Morgan fingerprint density at radius 1 is 1.06 bits per heavy atom. The van der Waals surface area contributed by atoms with Gasteiger partial charge in [-0.15, -0.1) is 0 Å². The Balaban J connectivity index is 1.38. The minimum absolute atomic E-state index is 0.242. The highest BCUT2D eigenvalue weighted by molar-refractivity contribution is 5.26. The van der Waals surface area contributed by atoms with Crippen LogP contribution >= 0.6 is 0 Å². The number of rotatable bonds is 4. The smallest absolute Gasteiger partial charge is 0.391 e. The van der Waals surface area contributed by atoms with Gasteiger partial charge >= 0.3 is 6.18 Å². The second-order valence-electron chi connectivity index (χ2n) is 11.7. The summed E-state index contributed by atoms with van der Waals surface area (Å²) in [5, 5.41) is 20.0. The van der Waals surface area contributed by atoms with Crippen LogP contribution in [-0.4, -0.2) is 53.1 Å². The van der Waals surface area contributed by atoms with Gasteiger partial charge in [-0.1, -0.05) is 37.1 Å². The van der Waals surface area contributed by atoms with Crippen LogP contribution in [0.4, 0.5) is 13.2 Å². The summed E-state index contributed by atoms with van der Waals surface area (Å²) < 4.78 is 39.0. The SMILES string of the molecule is CC(CN1CCC(C(F)(F)F)CC1)[C@H]1CC[C@H]2/C(=C/C=C3C[C@@H](O)C[C@@H](O)C3)CCC[C@]12C. The molecule has 0 aromatic carbocycles. The van der Waals surface area contributed by atoms with Crippen molar-refractivity contribution in [3.05, 3.63) is 23.3 Å². The zero-order valence-electron chi connectivity index (χ0n) is 20.3. The maximum atomic E-state index is 13.0. The monoisotopic (exact) mass is 469 g/mol. The molecule has 3 saturated carbocycles. The second-order valence-corrected chi connectivity index (χ2v) is 11.7. The van der Waals surface area contributed by atoms with E-state index in [1.165, 1.54) is 31.3 Å². The Morgan fingerprint density at radius 2 is 1.73 bits per heavy atom. The molecule has 0 aromatic heterocycles. The molecule has 6 atom stereocenters. The summed E-state index contributed by atoms with van der Waals surface area (Å²) in [7, 11) is 0. The van der Waals surface area contributed by atoms with Crippen molar-refractivity contribution in [1.82, 2.24) is 4.90 Å². The third kappa shape index (κ3) is 5.70. The molecule has 1 unspecified atom stereocenters. The van der Waals surface area contributed by atoms with E-state index >= 15 is 0 Å². The number of aliphatic hydroxyl groups excluding tert-OH is 2. The summed E-state index contributed by atoms with van der Waals surface area (Å²) in [5.74, 6) is 0.551. The highest BCUT2D eigenvalue weighted by atomic mass is 19.4. The van der Waals surface area contributed by atoms with Crippen LogP contribution in [0.15, 0.2) is 23.3 Å². The summed E-state index contributed by atoms with van der Waals surface area (Å²) >= 11 is 0. The van der Waals surface area contributed by atoms with Crippen LogP contribution in [0.2, 0.25) is 0 Å². The van der Waals surface area contributed by atoms with E-state index in [-0.39, 0.29) is 18.3 Å². The van der Waals surface area contributed by atoms with Crippen LogP contribution in [0.1, 0.15) is 78.1 Å². The predicted molar refractivity (Wildman–Crippen MR) is 125 cm³/mol. The average molecular weight is 470 g/mol. The van der Waals surface area contributed by atoms with Crippen LogP contribution in [0.25, 0.3) is 0 Å². The fourth-order valence-electron chi connectivity index (χ4n) is 7.72. The van der Waals surface area contributed by atoms with E-state index < -0.39 is 24.3 Å². The number of hydrogen-bond donors (Lipinski definition) is 2. The van der Waals surface area contributed by atoms with Gasteiger partial charge in [-0.25, -0.2) is 0 Å². The first-order valence-electron chi connectivity index (χ1n) is 13.1. The average Bonchev–Trinajstić information content (AvgIpc) is 3.09. The van der Waals surface area contributed by atoms with Gasteiger partial charge in [0.1, 0.15) is 0 Å². The Bertz CT molecular complexity index is 728. The molecule has 1 heterocycles. The van der Waals surface area contributed by atoms with Crippen LogP contribution in [-0.2, 0) is 0 Å². The number of allylic oxidation sites excluding steroid dienone is 3. The van der Waals surface area contributed by atoms with Crippen molar-refractivity contribution in [2.75, 3.05) is 19.6 Å². The second kappa shape index (κ2) is 10.0. The van der Waals surface area contributed by atoms with Gasteiger partial charge in [0.15, 0.2) is 0 Å². The Morgan fingerprint density at radius 3 is 2.36 bits per heavy atom. The summed E-state index contributed by atoms with van der Waals surface area (Å²) in [6, 6.07) is 0. The number of alkyl halides is 3. The van der Waals surface area contributed by atoms with Gasteiger partial charge in [0.25, 0.3) is 0 Å². The molecule has 0 aromatic rings. The van der Waals surface area contributed by atoms with Gasteiger partial charge < -0.3 is 15.1 Å². The van der Waals surface area contributed by atoms with Crippen molar-refractivity contribution in [2.45, 2.75) is 96.4 Å². The predicted octanol–water partition coefficient (Wildman–Crippen LogP) is 5.87. The lowest BCUT2D eigenvalue weighted by Crippen LogP contribution is -2.44. The third-order valence-corrected chi connectivity index (χ3v) is 9.39. The van der Waals surface area contributed by atoms with Gasteiger partial charge in [-0.3, -0.25) is 0 Å². The van der Waals surface area contributed by atoms with Crippen LogP contribution in [0.3, 0.4) is 0 Å². The minimum atomic E-state index is -4.04. The number of hydrogen-bond acceptors (Lipinski definition) is 3. The molecule has 1 saturated heterocycles. The molecule has 0 radical (unpaired) electrons. The molecule has 1 aliphatic heterocycles. The molecular formula is C27H42F3NO2. The van der Waals surface area contributed by atoms with Crippen LogP contribution < -0.4 is 0 Å². The van der Waals surface area contributed by atoms with E-state index in [1.54, 1.807) is 0 Å². The normalized spacial score (nSPS) is 40.3. The van der Waals surface area contributed by atoms with E-state index in [4.69, 9.17) is 0 Å². The van der Waals surface area contributed by atoms with Crippen molar-refractivity contribution < 1.29 is 23.4 Å². The molecule has 6 heteroatoms. The van der Waals surface area contributed by atoms with Gasteiger partial charge in [-0.2, -0.15) is 13.2 Å². The fourth-order valence-corrected chi connectivity index (χ4v) is 7.72. The van der Waals surface area contributed by atoms with E-state index in [0.29, 0.717) is 50.1 Å². The summed E-state index contributed by atoms with van der Waals surface area (Å²) in [5.41, 5.74) is 2.93. The number of nitrogens with zero attached hydrogens (tertiary/aromatic N) is 1. The number of piperidine rings is 1. The zero-order chi connectivity index (χ0) is 23.8. The van der Waals surface area contributed by atoms with Crippen molar-refractivity contribution in [3.8, 4) is 0 Å². The van der Waals surface area contributed by atoms with Crippen molar-refractivity contribution in [3.63, 3.8) is 0 Å². The molecule has 0 bridgehead atoms. The Kier molecular flexibility index (Phi) is 7.67. The zero-order valence-corrected chi connectivity index (χ0v) is 20.3. The highest BCUT2D eigenvalue weighted by Crippen LogP contribution is 2.59. The summed E-state index contributed by atoms with van der Waals surface area (Å²) in [6.07, 6.45) is 7.75. The van der Waals surface area contributed by atoms with Crippen molar-refractivity contribution >= 4 is 0 Å². The molecule has 3 nitrogen and oxygen atoms in total. The molecule has 0 amide bonds. The molecule has 4 rings (SSSR count). The third-order valence-electron chi connectivity index (χ3n) is 9.39. The maximum absolute atomic E-state index is 13.0. The van der Waals surface area contributed by atoms with E-state index in [2.05, 4.69) is 30.9 Å².